The van der Waals surface area contributed by atoms with Crippen molar-refractivity contribution in [2.75, 3.05) is 0 Å². The monoisotopic (exact) mass is 219 g/mol. The van der Waals surface area contributed by atoms with E-state index in [1.165, 1.54) is 0 Å². The maximum absolute atomic E-state index is 9.30. The maximum Gasteiger partial charge on any atom is 0.0929 e. The van der Waals surface area contributed by atoms with Gasteiger partial charge >= 0.3 is 0 Å². The smallest absolute Gasteiger partial charge is 0.0929 e. The fourth-order valence-electron chi connectivity index (χ4n) is 2.32. The van der Waals surface area contributed by atoms with Crippen LogP contribution in [-0.2, 0) is 0 Å². The Kier molecular flexibility index (Phi) is 4.53. The highest BCUT2D eigenvalue weighted by atomic mass is 16.4. The van der Waals surface area contributed by atoms with Gasteiger partial charge in [0.05, 0.1) is 5.71 Å². The molecular formula is C14H21NO. The Bertz CT molecular complexity index is 331. The minimum Gasteiger partial charge on any atom is -0.411 e. The Morgan fingerprint density at radius 1 is 1.06 bits per heavy atom. The predicted octanol–water partition coefficient (Wildman–Crippen LogP) is 4.08. The maximum atomic E-state index is 9.30. The first-order valence-corrected chi connectivity index (χ1v) is 6.02. The highest BCUT2D eigenvalue weighted by Gasteiger charge is 2.31. The highest BCUT2D eigenvalue weighted by Crippen LogP contribution is 2.34. The van der Waals surface area contributed by atoms with Crippen molar-refractivity contribution in [3.63, 3.8) is 0 Å². The molecule has 0 aliphatic heterocycles. The van der Waals surface area contributed by atoms with Gasteiger partial charge in [0, 0.05) is 5.41 Å². The molecule has 1 N–H and O–H groups in total. The zero-order valence-corrected chi connectivity index (χ0v) is 10.4. The zero-order chi connectivity index (χ0) is 12.0. The first-order chi connectivity index (χ1) is 7.74. The van der Waals surface area contributed by atoms with E-state index in [4.69, 9.17) is 0 Å². The van der Waals surface area contributed by atoms with E-state index in [-0.39, 0.29) is 5.41 Å². The predicted molar refractivity (Wildman–Crippen MR) is 68.1 cm³/mol. The number of nitrogens with zero attached hydrogens (tertiary/aromatic N) is 1. The molecule has 0 atom stereocenters. The van der Waals surface area contributed by atoms with Crippen LogP contribution in [0.1, 0.15) is 45.6 Å². The average Bonchev–Trinajstić information content (AvgIpc) is 2.37. The lowest BCUT2D eigenvalue weighted by Gasteiger charge is -2.31. The zero-order valence-electron chi connectivity index (χ0n) is 10.4. The first kappa shape index (κ1) is 12.8. The van der Waals surface area contributed by atoms with Crippen LogP contribution < -0.4 is 0 Å². The van der Waals surface area contributed by atoms with Crippen LogP contribution >= 0.6 is 0 Å². The molecule has 0 heterocycles. The Hall–Kier alpha value is -1.31. The highest BCUT2D eigenvalue weighted by molar-refractivity contribution is 6.04. The van der Waals surface area contributed by atoms with E-state index < -0.39 is 0 Å². The summed E-state index contributed by atoms with van der Waals surface area (Å²) in [4.78, 5) is 0. The largest absolute Gasteiger partial charge is 0.411 e. The van der Waals surface area contributed by atoms with E-state index in [1.54, 1.807) is 0 Å². The normalized spacial score (nSPS) is 12.8. The van der Waals surface area contributed by atoms with Crippen LogP contribution in [-0.4, -0.2) is 10.9 Å². The third-order valence-corrected chi connectivity index (χ3v) is 3.68. The van der Waals surface area contributed by atoms with Crippen LogP contribution in [0.25, 0.3) is 0 Å². The minimum absolute atomic E-state index is 0.00387. The second kappa shape index (κ2) is 5.69. The second-order valence-corrected chi connectivity index (χ2v) is 4.16. The van der Waals surface area contributed by atoms with E-state index in [2.05, 4.69) is 25.9 Å². The van der Waals surface area contributed by atoms with Gasteiger partial charge < -0.3 is 5.21 Å². The molecule has 0 saturated heterocycles. The van der Waals surface area contributed by atoms with Gasteiger partial charge in [0.25, 0.3) is 0 Å². The number of rotatable bonds is 5. The fourth-order valence-corrected chi connectivity index (χ4v) is 2.32. The van der Waals surface area contributed by atoms with Crippen molar-refractivity contribution in [3.05, 3.63) is 35.9 Å². The van der Waals surface area contributed by atoms with Crippen LogP contribution in [0.4, 0.5) is 0 Å². The summed E-state index contributed by atoms with van der Waals surface area (Å²) >= 11 is 0. The van der Waals surface area contributed by atoms with Gasteiger partial charge in [-0.25, -0.2) is 0 Å². The van der Waals surface area contributed by atoms with Crippen molar-refractivity contribution < 1.29 is 5.21 Å². The molecular weight excluding hydrogens is 198 g/mol. The molecule has 0 saturated carbocycles. The summed E-state index contributed by atoms with van der Waals surface area (Å²) in [5.41, 5.74) is 1.84. The summed E-state index contributed by atoms with van der Waals surface area (Å²) in [6.07, 6.45) is 2.98. The molecule has 1 aromatic carbocycles. The van der Waals surface area contributed by atoms with Crippen LogP contribution in [0.15, 0.2) is 35.5 Å². The summed E-state index contributed by atoms with van der Waals surface area (Å²) in [5.74, 6) is 0. The molecule has 16 heavy (non-hydrogen) atoms. The topological polar surface area (TPSA) is 32.6 Å². The average molecular weight is 219 g/mol. The third kappa shape index (κ3) is 2.26. The number of benzene rings is 1. The quantitative estimate of drug-likeness (QED) is 0.451. The Morgan fingerprint density at radius 3 is 1.94 bits per heavy atom. The van der Waals surface area contributed by atoms with Crippen LogP contribution in [0.5, 0.6) is 0 Å². The van der Waals surface area contributed by atoms with Crippen LogP contribution in [0.3, 0.4) is 0 Å². The molecule has 0 radical (unpaired) electrons. The van der Waals surface area contributed by atoms with Crippen molar-refractivity contribution in [2.45, 2.75) is 40.0 Å². The van der Waals surface area contributed by atoms with Crippen LogP contribution in [0.2, 0.25) is 0 Å². The van der Waals surface area contributed by atoms with Gasteiger partial charge in [0.2, 0.25) is 0 Å². The number of hydrogen-bond acceptors (Lipinski definition) is 2. The molecule has 1 rings (SSSR count). The lowest BCUT2D eigenvalue weighted by Crippen LogP contribution is -2.30. The summed E-state index contributed by atoms with van der Waals surface area (Å²) in [6.45, 7) is 6.46. The summed E-state index contributed by atoms with van der Waals surface area (Å²) in [7, 11) is 0. The van der Waals surface area contributed by atoms with Crippen molar-refractivity contribution in [3.8, 4) is 0 Å². The van der Waals surface area contributed by atoms with Crippen molar-refractivity contribution >= 4 is 5.71 Å². The molecule has 0 spiro atoms. The van der Waals surface area contributed by atoms with E-state index in [0.29, 0.717) is 0 Å². The third-order valence-electron chi connectivity index (χ3n) is 3.68. The van der Waals surface area contributed by atoms with Crippen molar-refractivity contribution in [1.82, 2.24) is 0 Å². The van der Waals surface area contributed by atoms with Gasteiger partial charge in [-0.1, -0.05) is 56.3 Å². The van der Waals surface area contributed by atoms with Crippen molar-refractivity contribution in [2.24, 2.45) is 10.6 Å². The molecule has 0 aliphatic rings. The minimum atomic E-state index is -0.00387. The summed E-state index contributed by atoms with van der Waals surface area (Å²) in [5, 5.41) is 12.9. The van der Waals surface area contributed by atoms with E-state index in [0.717, 1.165) is 30.5 Å². The van der Waals surface area contributed by atoms with E-state index in [9.17, 15) is 5.21 Å². The van der Waals surface area contributed by atoms with Gasteiger partial charge in [-0.05, 0) is 24.8 Å². The Labute approximate surface area is 98.0 Å². The number of hydrogen-bond donors (Lipinski definition) is 1. The lowest BCUT2D eigenvalue weighted by atomic mass is 9.73. The van der Waals surface area contributed by atoms with Gasteiger partial charge in [-0.3, -0.25) is 0 Å². The SMILES string of the molecule is CCC(CC)(CC)/C(=N\O)c1ccccc1. The van der Waals surface area contributed by atoms with Crippen molar-refractivity contribution in [1.29, 1.82) is 0 Å². The molecule has 2 nitrogen and oxygen atoms in total. The van der Waals surface area contributed by atoms with E-state index >= 15 is 0 Å². The molecule has 0 aliphatic carbocycles. The van der Waals surface area contributed by atoms with Gasteiger partial charge in [0.1, 0.15) is 0 Å². The Balaban J connectivity index is 3.17. The van der Waals surface area contributed by atoms with Gasteiger partial charge in [-0.2, -0.15) is 0 Å². The van der Waals surface area contributed by atoms with Gasteiger partial charge in [-0.15, -0.1) is 0 Å². The van der Waals surface area contributed by atoms with E-state index in [1.807, 2.05) is 30.3 Å². The molecule has 1 aromatic rings. The molecule has 0 fully saturated rings. The number of oxime groups is 1. The second-order valence-electron chi connectivity index (χ2n) is 4.16. The molecule has 88 valence electrons. The fraction of sp³-hybridized carbons (Fsp3) is 0.500. The molecule has 0 bridgehead atoms. The lowest BCUT2D eigenvalue weighted by molar-refractivity contribution is 0.294. The van der Waals surface area contributed by atoms with Gasteiger partial charge in [0.15, 0.2) is 0 Å². The Morgan fingerprint density at radius 2 is 1.56 bits per heavy atom. The summed E-state index contributed by atoms with van der Waals surface area (Å²) in [6, 6.07) is 9.94. The summed E-state index contributed by atoms with van der Waals surface area (Å²) < 4.78 is 0. The molecule has 0 unspecified atom stereocenters. The molecule has 0 amide bonds. The molecule has 2 heteroatoms. The van der Waals surface area contributed by atoms with Crippen LogP contribution in [0, 0.1) is 5.41 Å². The standard InChI is InChI=1S/C14H21NO/c1-4-14(5-2,6-3)13(15-16)12-10-8-7-9-11-12/h7-11,16H,4-6H2,1-3H3/b15-13-. The molecule has 0 aromatic heterocycles. The first-order valence-electron chi connectivity index (χ1n) is 6.02.